The summed E-state index contributed by atoms with van der Waals surface area (Å²) in [5.74, 6) is 0.853. The van der Waals surface area contributed by atoms with Crippen molar-refractivity contribution < 1.29 is 9.53 Å². The number of pyridine rings is 1. The van der Waals surface area contributed by atoms with Gasteiger partial charge in [0.2, 0.25) is 5.91 Å². The van der Waals surface area contributed by atoms with Gasteiger partial charge >= 0.3 is 0 Å². The van der Waals surface area contributed by atoms with Crippen molar-refractivity contribution in [3.8, 4) is 0 Å². The average molecular weight is 378 g/mol. The van der Waals surface area contributed by atoms with Crippen LogP contribution in [0.1, 0.15) is 48.2 Å². The largest absolute Gasteiger partial charge is 0.376 e. The minimum Gasteiger partial charge on any atom is -0.376 e. The van der Waals surface area contributed by atoms with Crippen molar-refractivity contribution >= 4 is 11.7 Å². The van der Waals surface area contributed by atoms with Crippen LogP contribution in [0.25, 0.3) is 0 Å². The number of hydrogen-bond acceptors (Lipinski definition) is 5. The number of fused-ring (bicyclic) bond motifs is 1. The fourth-order valence-electron chi connectivity index (χ4n) is 3.86. The molecule has 0 spiro atoms. The lowest BCUT2D eigenvalue weighted by molar-refractivity contribution is -0.122. The molecule has 2 atom stereocenters. The Bertz CT molecular complexity index is 860. The molecular weight excluding hydrogens is 352 g/mol. The molecule has 1 fully saturated rings. The first-order valence-corrected chi connectivity index (χ1v) is 9.97. The number of aromatic nitrogens is 1. The molecule has 1 aromatic carbocycles. The lowest BCUT2D eigenvalue weighted by atomic mass is 9.99. The van der Waals surface area contributed by atoms with Crippen molar-refractivity contribution in [1.82, 2.24) is 15.6 Å². The van der Waals surface area contributed by atoms with Gasteiger partial charge in [-0.05, 0) is 37.0 Å². The molecule has 3 heterocycles. The Morgan fingerprint density at radius 2 is 2.18 bits per heavy atom. The van der Waals surface area contributed by atoms with Crippen molar-refractivity contribution in [3.63, 3.8) is 0 Å². The van der Waals surface area contributed by atoms with E-state index in [1.54, 1.807) is 0 Å². The van der Waals surface area contributed by atoms with Gasteiger partial charge in [0.05, 0.1) is 30.8 Å². The minimum absolute atomic E-state index is 0.0235. The summed E-state index contributed by atoms with van der Waals surface area (Å²) in [6.07, 6.45) is 4.09. The molecule has 0 unspecified atom stereocenters. The van der Waals surface area contributed by atoms with Crippen molar-refractivity contribution in [2.24, 2.45) is 4.99 Å². The van der Waals surface area contributed by atoms with Gasteiger partial charge in [-0.1, -0.05) is 30.3 Å². The Kier molecular flexibility index (Phi) is 5.67. The molecule has 146 valence electrons. The maximum atomic E-state index is 12.8. The van der Waals surface area contributed by atoms with E-state index in [0.717, 1.165) is 54.2 Å². The highest BCUT2D eigenvalue weighted by molar-refractivity contribution is 6.01. The van der Waals surface area contributed by atoms with Crippen LogP contribution in [0.5, 0.6) is 0 Å². The molecule has 1 aromatic heterocycles. The zero-order chi connectivity index (χ0) is 19.3. The Morgan fingerprint density at radius 3 is 2.93 bits per heavy atom. The van der Waals surface area contributed by atoms with Crippen LogP contribution in [0.15, 0.2) is 47.6 Å². The van der Waals surface area contributed by atoms with Crippen LogP contribution >= 0.6 is 0 Å². The molecule has 2 aromatic rings. The monoisotopic (exact) mass is 378 g/mol. The van der Waals surface area contributed by atoms with E-state index in [-0.39, 0.29) is 24.5 Å². The summed E-state index contributed by atoms with van der Waals surface area (Å²) in [7, 11) is 0. The average Bonchev–Trinajstić information content (AvgIpc) is 3.37. The molecule has 6 heteroatoms. The second-order valence-corrected chi connectivity index (χ2v) is 7.21. The number of benzene rings is 1. The predicted molar refractivity (Wildman–Crippen MR) is 108 cm³/mol. The Labute approximate surface area is 165 Å². The summed E-state index contributed by atoms with van der Waals surface area (Å²) in [5, 5.41) is 6.43. The number of hydrogen-bond donors (Lipinski definition) is 2. The second kappa shape index (κ2) is 8.52. The third-order valence-electron chi connectivity index (χ3n) is 5.21. The van der Waals surface area contributed by atoms with Crippen LogP contribution in [0.3, 0.4) is 0 Å². The Balaban J connectivity index is 1.44. The van der Waals surface area contributed by atoms with Crippen LogP contribution in [-0.2, 0) is 22.5 Å². The molecule has 0 radical (unpaired) electrons. The van der Waals surface area contributed by atoms with Gasteiger partial charge in [-0.3, -0.25) is 14.8 Å². The van der Waals surface area contributed by atoms with Crippen LogP contribution in [0.4, 0.5) is 0 Å². The van der Waals surface area contributed by atoms with E-state index in [4.69, 9.17) is 4.74 Å². The third-order valence-corrected chi connectivity index (χ3v) is 5.21. The number of aliphatic imine (C=N–C) groups is 1. The first-order valence-electron chi connectivity index (χ1n) is 9.97. The minimum atomic E-state index is -0.130. The second-order valence-electron chi connectivity index (χ2n) is 7.21. The number of carbonyl (C=O) groups is 1. The summed E-state index contributed by atoms with van der Waals surface area (Å²) < 4.78 is 5.86. The van der Waals surface area contributed by atoms with Crippen molar-refractivity contribution in [3.05, 3.63) is 65.0 Å². The molecule has 1 amide bonds. The van der Waals surface area contributed by atoms with Crippen LogP contribution in [0, 0.1) is 0 Å². The zero-order valence-corrected chi connectivity index (χ0v) is 16.1. The summed E-state index contributed by atoms with van der Waals surface area (Å²) in [6.45, 7) is 4.26. The highest BCUT2D eigenvalue weighted by Crippen LogP contribution is 2.27. The van der Waals surface area contributed by atoms with E-state index in [1.807, 2.05) is 49.5 Å². The quantitative estimate of drug-likeness (QED) is 0.810. The maximum Gasteiger partial charge on any atom is 0.226 e. The molecule has 1 saturated heterocycles. The normalized spacial score (nSPS) is 19.0. The smallest absolute Gasteiger partial charge is 0.226 e. The standard InChI is InChI=1S/C22H26N4O2/c1-2-23-22-18-14-24-17(11-16(18)13-25-22)12-20(27)26-21(19-9-6-10-28-19)15-7-4-3-5-8-15/h3-5,7-8,11,14,19,21H,2,6,9-10,12-13H2,1H3,(H,23,25)(H,26,27)/t19-,21-/m1/s1. The van der Waals surface area contributed by atoms with Crippen molar-refractivity contribution in [2.45, 2.75) is 44.9 Å². The molecule has 0 bridgehead atoms. The highest BCUT2D eigenvalue weighted by atomic mass is 16.5. The lowest BCUT2D eigenvalue weighted by Gasteiger charge is -2.24. The maximum absolute atomic E-state index is 12.8. The van der Waals surface area contributed by atoms with Crippen LogP contribution in [-0.4, -0.2) is 36.0 Å². The van der Waals surface area contributed by atoms with Gasteiger partial charge in [0.25, 0.3) is 0 Å². The van der Waals surface area contributed by atoms with Gasteiger partial charge < -0.3 is 15.4 Å². The van der Waals surface area contributed by atoms with E-state index in [1.165, 1.54) is 0 Å². The molecule has 2 aliphatic rings. The zero-order valence-electron chi connectivity index (χ0n) is 16.1. The lowest BCUT2D eigenvalue weighted by Crippen LogP contribution is -2.37. The van der Waals surface area contributed by atoms with Crippen molar-refractivity contribution in [2.75, 3.05) is 13.2 Å². The predicted octanol–water partition coefficient (Wildman–Crippen LogP) is 2.53. The van der Waals surface area contributed by atoms with E-state index >= 15 is 0 Å². The third kappa shape index (κ3) is 4.07. The highest BCUT2D eigenvalue weighted by Gasteiger charge is 2.28. The summed E-state index contributed by atoms with van der Waals surface area (Å²) in [6, 6.07) is 11.9. The Hall–Kier alpha value is -2.73. The van der Waals surface area contributed by atoms with Gasteiger partial charge in [0.1, 0.15) is 5.84 Å². The fourth-order valence-corrected chi connectivity index (χ4v) is 3.86. The van der Waals surface area contributed by atoms with Gasteiger partial charge in [-0.15, -0.1) is 0 Å². The number of amides is 1. The number of ether oxygens (including phenoxy) is 1. The molecule has 0 aliphatic carbocycles. The topological polar surface area (TPSA) is 75.6 Å². The molecule has 2 aliphatic heterocycles. The number of nitrogens with one attached hydrogen (secondary N) is 2. The number of carbonyl (C=O) groups excluding carboxylic acids is 1. The fraction of sp³-hybridized carbons (Fsp3) is 0.409. The van der Waals surface area contributed by atoms with Crippen LogP contribution in [0.2, 0.25) is 0 Å². The molecule has 0 saturated carbocycles. The molecular formula is C22H26N4O2. The number of amidine groups is 1. The van der Waals surface area contributed by atoms with E-state index < -0.39 is 0 Å². The Morgan fingerprint density at radius 1 is 1.32 bits per heavy atom. The summed E-state index contributed by atoms with van der Waals surface area (Å²) in [5.41, 5.74) is 4.00. The van der Waals surface area contributed by atoms with Gasteiger partial charge in [-0.25, -0.2) is 0 Å². The van der Waals surface area contributed by atoms with Crippen molar-refractivity contribution in [1.29, 1.82) is 0 Å². The van der Waals surface area contributed by atoms with E-state index in [0.29, 0.717) is 6.54 Å². The molecule has 28 heavy (non-hydrogen) atoms. The molecule has 6 nitrogen and oxygen atoms in total. The summed E-state index contributed by atoms with van der Waals surface area (Å²) >= 11 is 0. The number of nitrogens with zero attached hydrogens (tertiary/aromatic N) is 2. The van der Waals surface area contributed by atoms with E-state index in [9.17, 15) is 4.79 Å². The first-order chi connectivity index (χ1) is 13.7. The summed E-state index contributed by atoms with van der Waals surface area (Å²) in [4.78, 5) is 21.8. The van der Waals surface area contributed by atoms with E-state index in [2.05, 4.69) is 20.6 Å². The SMILES string of the molecule is CCNC1=NCc2cc(CC(=O)N[C@H](c3ccccc3)[C@H]3CCCO3)ncc21. The molecule has 2 N–H and O–H groups in total. The van der Waals surface area contributed by atoms with Crippen LogP contribution < -0.4 is 10.6 Å². The van der Waals surface area contributed by atoms with Gasteiger partial charge in [0, 0.05) is 24.9 Å². The van der Waals surface area contributed by atoms with Gasteiger partial charge in [0.15, 0.2) is 0 Å². The van der Waals surface area contributed by atoms with Gasteiger partial charge in [-0.2, -0.15) is 0 Å². The number of rotatable bonds is 6. The molecule has 4 rings (SSSR count). The first kappa shape index (κ1) is 18.6.